The van der Waals surface area contributed by atoms with Crippen LogP contribution in [0.2, 0.25) is 0 Å². The summed E-state index contributed by atoms with van der Waals surface area (Å²) in [7, 11) is 0. The molecule has 1 heterocycles. The minimum absolute atomic E-state index is 0.234. The van der Waals surface area contributed by atoms with Gasteiger partial charge in [-0.15, -0.1) is 11.3 Å². The molecule has 34 heavy (non-hydrogen) atoms. The normalized spacial score (nSPS) is 11.7. The summed E-state index contributed by atoms with van der Waals surface area (Å²) in [4.78, 5) is 21.4. The van der Waals surface area contributed by atoms with Crippen molar-refractivity contribution in [3.63, 3.8) is 0 Å². The molecular formula is C26H22BrN3O3S. The number of hydrogen-bond acceptors (Lipinski definition) is 6. The van der Waals surface area contributed by atoms with Crippen molar-refractivity contribution in [2.24, 2.45) is 5.16 Å². The number of carboxylic acids is 1. The first kappa shape index (κ1) is 23.7. The molecule has 4 rings (SSSR count). The van der Waals surface area contributed by atoms with Crippen LogP contribution >= 0.6 is 27.3 Å². The Kier molecular flexibility index (Phi) is 7.72. The van der Waals surface area contributed by atoms with E-state index in [-0.39, 0.29) is 18.0 Å². The van der Waals surface area contributed by atoms with Gasteiger partial charge in [-0.2, -0.15) is 0 Å². The average molecular weight is 536 g/mol. The highest BCUT2D eigenvalue weighted by Crippen LogP contribution is 2.40. The molecular weight excluding hydrogens is 514 g/mol. The number of alkyl halides is 1. The summed E-state index contributed by atoms with van der Waals surface area (Å²) in [5, 5.41) is 19.8. The van der Waals surface area contributed by atoms with Gasteiger partial charge in [0.1, 0.15) is 17.8 Å². The minimum Gasteiger partial charge on any atom is -0.476 e. The van der Waals surface area contributed by atoms with Crippen LogP contribution in [0, 0.1) is 0 Å². The summed E-state index contributed by atoms with van der Waals surface area (Å²) in [6, 6.07) is 30.4. The topological polar surface area (TPSA) is 83.8 Å². The van der Waals surface area contributed by atoms with E-state index in [0.29, 0.717) is 10.5 Å². The first-order valence-corrected chi connectivity index (χ1v) is 12.5. The molecule has 0 bridgehead atoms. The SMILES string of the molecule is O=C(O)/C(=N\OCCBr)c1csc(NC(c2ccccc2)(c2ccccc2)c2ccccc2)n1. The molecule has 3 aromatic carbocycles. The second-order valence-electron chi connectivity index (χ2n) is 7.28. The van der Waals surface area contributed by atoms with Gasteiger partial charge in [-0.25, -0.2) is 9.78 Å². The fraction of sp³-hybridized carbons (Fsp3) is 0.115. The monoisotopic (exact) mass is 535 g/mol. The second kappa shape index (κ2) is 11.1. The molecule has 0 fully saturated rings. The minimum atomic E-state index is -1.20. The van der Waals surface area contributed by atoms with Gasteiger partial charge in [-0.05, 0) is 16.7 Å². The van der Waals surface area contributed by atoms with Crippen molar-refractivity contribution in [3.8, 4) is 0 Å². The van der Waals surface area contributed by atoms with Crippen molar-refractivity contribution in [1.82, 2.24) is 4.98 Å². The zero-order valence-electron chi connectivity index (χ0n) is 18.1. The van der Waals surface area contributed by atoms with Crippen molar-refractivity contribution in [2.75, 3.05) is 17.3 Å². The molecule has 172 valence electrons. The number of anilines is 1. The molecule has 0 amide bonds. The van der Waals surface area contributed by atoms with Crippen LogP contribution < -0.4 is 5.32 Å². The number of benzene rings is 3. The molecule has 0 spiro atoms. The molecule has 0 aliphatic carbocycles. The second-order valence-corrected chi connectivity index (χ2v) is 8.93. The number of aromatic nitrogens is 1. The lowest BCUT2D eigenvalue weighted by atomic mass is 9.77. The third kappa shape index (κ3) is 5.03. The number of thiazole rings is 1. The smallest absolute Gasteiger partial charge is 0.360 e. The van der Waals surface area contributed by atoms with Gasteiger partial charge in [0.15, 0.2) is 5.13 Å². The van der Waals surface area contributed by atoms with E-state index in [0.717, 1.165) is 16.7 Å². The number of aliphatic carboxylic acids is 1. The van der Waals surface area contributed by atoms with E-state index in [4.69, 9.17) is 4.84 Å². The Labute approximate surface area is 210 Å². The molecule has 8 heteroatoms. The number of halogens is 1. The van der Waals surface area contributed by atoms with E-state index in [1.54, 1.807) is 5.38 Å². The lowest BCUT2D eigenvalue weighted by molar-refractivity contribution is -0.129. The fourth-order valence-electron chi connectivity index (χ4n) is 3.72. The molecule has 2 N–H and O–H groups in total. The first-order valence-electron chi connectivity index (χ1n) is 10.5. The quantitative estimate of drug-likeness (QED) is 0.0887. The Morgan fingerprint density at radius 2 is 1.44 bits per heavy atom. The maximum absolute atomic E-state index is 11.8. The maximum atomic E-state index is 11.8. The van der Waals surface area contributed by atoms with Crippen LogP contribution in [0.5, 0.6) is 0 Å². The lowest BCUT2D eigenvalue weighted by Crippen LogP contribution is -2.38. The van der Waals surface area contributed by atoms with E-state index in [2.05, 4.69) is 67.8 Å². The number of hydrogen-bond donors (Lipinski definition) is 2. The van der Waals surface area contributed by atoms with Gasteiger partial charge in [0, 0.05) is 10.7 Å². The van der Waals surface area contributed by atoms with E-state index < -0.39 is 11.5 Å². The highest BCUT2D eigenvalue weighted by Gasteiger charge is 2.37. The van der Waals surface area contributed by atoms with Crippen molar-refractivity contribution in [3.05, 3.63) is 119 Å². The number of nitrogens with one attached hydrogen (secondary N) is 1. The van der Waals surface area contributed by atoms with Crippen LogP contribution in [0.4, 0.5) is 5.13 Å². The Bertz CT molecular complexity index is 1150. The van der Waals surface area contributed by atoms with Gasteiger partial charge in [-0.1, -0.05) is 112 Å². The molecule has 0 atom stereocenters. The fourth-order valence-corrected chi connectivity index (χ4v) is 4.62. The molecule has 6 nitrogen and oxygen atoms in total. The van der Waals surface area contributed by atoms with Crippen molar-refractivity contribution >= 4 is 44.1 Å². The Balaban J connectivity index is 1.84. The zero-order chi connectivity index (χ0) is 23.8. The standard InChI is InChI=1S/C26H22BrN3O3S/c27-16-17-33-30-23(24(31)32)22-18-34-25(28-22)29-26(19-10-4-1-5-11-19,20-12-6-2-7-13-20)21-14-8-3-9-15-21/h1-15,18H,16-17H2,(H,28,29)(H,31,32)/b30-23-. The van der Waals surface area contributed by atoms with Gasteiger partial charge in [-0.3, -0.25) is 0 Å². The van der Waals surface area contributed by atoms with Crippen LogP contribution in [-0.2, 0) is 15.2 Å². The molecule has 0 aliphatic heterocycles. The summed E-state index contributed by atoms with van der Waals surface area (Å²) in [5.41, 5.74) is 2.31. The molecule has 0 saturated heterocycles. The Hall–Kier alpha value is -3.49. The summed E-state index contributed by atoms with van der Waals surface area (Å²) in [6.45, 7) is 0.255. The highest BCUT2D eigenvalue weighted by molar-refractivity contribution is 9.09. The third-order valence-electron chi connectivity index (χ3n) is 5.19. The Morgan fingerprint density at radius 1 is 0.941 bits per heavy atom. The summed E-state index contributed by atoms with van der Waals surface area (Å²) in [6.07, 6.45) is 0. The first-order chi connectivity index (χ1) is 16.6. The van der Waals surface area contributed by atoms with Crippen LogP contribution in [-0.4, -0.2) is 33.7 Å². The van der Waals surface area contributed by atoms with Gasteiger partial charge in [0.25, 0.3) is 0 Å². The van der Waals surface area contributed by atoms with E-state index in [1.165, 1.54) is 11.3 Å². The molecule has 0 unspecified atom stereocenters. The Morgan fingerprint density at radius 3 is 1.88 bits per heavy atom. The van der Waals surface area contributed by atoms with Gasteiger partial charge < -0.3 is 15.3 Å². The van der Waals surface area contributed by atoms with Crippen molar-refractivity contribution in [2.45, 2.75) is 5.54 Å². The van der Waals surface area contributed by atoms with Gasteiger partial charge >= 0.3 is 5.97 Å². The average Bonchev–Trinajstić information content (AvgIpc) is 3.34. The predicted molar refractivity (Wildman–Crippen MR) is 139 cm³/mol. The largest absolute Gasteiger partial charge is 0.476 e. The van der Waals surface area contributed by atoms with E-state index >= 15 is 0 Å². The van der Waals surface area contributed by atoms with Gasteiger partial charge in [0.05, 0.1) is 0 Å². The highest BCUT2D eigenvalue weighted by atomic mass is 79.9. The van der Waals surface area contributed by atoms with E-state index in [9.17, 15) is 9.90 Å². The number of oxime groups is 1. The van der Waals surface area contributed by atoms with Crippen molar-refractivity contribution < 1.29 is 14.7 Å². The molecule has 0 saturated carbocycles. The third-order valence-corrected chi connectivity index (χ3v) is 6.27. The summed E-state index contributed by atoms with van der Waals surface area (Å²) < 4.78 is 0. The number of carboxylic acid groups (broad SMARTS) is 1. The number of rotatable bonds is 10. The molecule has 0 aliphatic rings. The van der Waals surface area contributed by atoms with Crippen LogP contribution in [0.1, 0.15) is 22.4 Å². The summed E-state index contributed by atoms with van der Waals surface area (Å²) >= 11 is 4.55. The van der Waals surface area contributed by atoms with Crippen LogP contribution in [0.15, 0.2) is 102 Å². The maximum Gasteiger partial charge on any atom is 0.360 e. The van der Waals surface area contributed by atoms with Crippen LogP contribution in [0.25, 0.3) is 0 Å². The lowest BCUT2D eigenvalue weighted by Gasteiger charge is -2.36. The number of carbonyl (C=O) groups is 1. The van der Waals surface area contributed by atoms with Crippen LogP contribution in [0.3, 0.4) is 0 Å². The predicted octanol–water partition coefficient (Wildman–Crippen LogP) is 5.75. The molecule has 1 aromatic heterocycles. The summed E-state index contributed by atoms with van der Waals surface area (Å²) in [5.74, 6) is -1.20. The van der Waals surface area contributed by atoms with Crippen molar-refractivity contribution in [1.29, 1.82) is 0 Å². The van der Waals surface area contributed by atoms with Gasteiger partial charge in [0.2, 0.25) is 5.71 Å². The zero-order valence-corrected chi connectivity index (χ0v) is 20.5. The number of nitrogens with zero attached hydrogens (tertiary/aromatic N) is 2. The van der Waals surface area contributed by atoms with E-state index in [1.807, 2.05) is 54.6 Å². The molecule has 4 aromatic rings. The molecule has 0 radical (unpaired) electrons.